The van der Waals surface area contributed by atoms with Crippen molar-refractivity contribution in [2.75, 3.05) is 11.1 Å². The van der Waals surface area contributed by atoms with Gasteiger partial charge in [-0.15, -0.1) is 0 Å². The molecule has 0 saturated carbocycles. The molecule has 90 valence electrons. The highest BCUT2D eigenvalue weighted by Crippen LogP contribution is 2.26. The van der Waals surface area contributed by atoms with Gasteiger partial charge in [0.15, 0.2) is 5.13 Å². The zero-order chi connectivity index (χ0) is 12.7. The summed E-state index contributed by atoms with van der Waals surface area (Å²) >= 11 is 1.31. The molecule has 7 heteroatoms. The molecular formula is C11H8N4O2S. The SMILES string of the molecule is Nc1cnc(Nc2ccc3c(c2)C(=O)NC3=O)s1. The summed E-state index contributed by atoms with van der Waals surface area (Å²) < 4.78 is 0. The molecule has 4 N–H and O–H groups in total. The first-order chi connectivity index (χ1) is 8.63. The molecule has 0 atom stereocenters. The number of fused-ring (bicyclic) bond motifs is 1. The van der Waals surface area contributed by atoms with E-state index < -0.39 is 0 Å². The maximum absolute atomic E-state index is 11.5. The second-order valence-electron chi connectivity index (χ2n) is 3.74. The standard InChI is InChI=1S/C11H8N4O2S/c12-8-4-13-11(18-8)14-5-1-2-6-7(3-5)10(17)15-9(6)16/h1-4H,12H2,(H,13,14)(H,15,16,17). The number of carbonyl (C=O) groups is 2. The first kappa shape index (κ1) is 10.7. The monoisotopic (exact) mass is 260 g/mol. The number of thiazole rings is 1. The Hall–Kier alpha value is -2.41. The lowest BCUT2D eigenvalue weighted by molar-refractivity contribution is 0.0879. The zero-order valence-corrected chi connectivity index (χ0v) is 9.88. The number of benzene rings is 1. The second kappa shape index (κ2) is 3.81. The Balaban J connectivity index is 1.93. The lowest BCUT2D eigenvalue weighted by Crippen LogP contribution is -2.19. The van der Waals surface area contributed by atoms with Gasteiger partial charge in [0, 0.05) is 5.69 Å². The molecule has 2 aromatic rings. The van der Waals surface area contributed by atoms with Crippen molar-refractivity contribution in [1.29, 1.82) is 0 Å². The van der Waals surface area contributed by atoms with E-state index >= 15 is 0 Å². The van der Waals surface area contributed by atoms with Crippen molar-refractivity contribution in [3.8, 4) is 0 Å². The van der Waals surface area contributed by atoms with Crippen molar-refractivity contribution >= 4 is 39.0 Å². The molecule has 1 aromatic carbocycles. The first-order valence-corrected chi connectivity index (χ1v) is 5.93. The van der Waals surface area contributed by atoms with E-state index in [0.717, 1.165) is 0 Å². The van der Waals surface area contributed by atoms with Crippen LogP contribution in [-0.2, 0) is 0 Å². The number of imide groups is 1. The third kappa shape index (κ3) is 1.70. The van der Waals surface area contributed by atoms with Crippen LogP contribution in [0.3, 0.4) is 0 Å². The number of hydrogen-bond donors (Lipinski definition) is 3. The lowest BCUT2D eigenvalue weighted by atomic mass is 10.1. The van der Waals surface area contributed by atoms with Crippen molar-refractivity contribution in [2.45, 2.75) is 0 Å². The second-order valence-corrected chi connectivity index (χ2v) is 4.80. The van der Waals surface area contributed by atoms with Gasteiger partial charge in [-0.2, -0.15) is 0 Å². The molecule has 3 rings (SSSR count). The number of nitrogens with two attached hydrogens (primary N) is 1. The summed E-state index contributed by atoms with van der Waals surface area (Å²) in [5.74, 6) is -0.739. The number of nitrogens with zero attached hydrogens (tertiary/aromatic N) is 1. The van der Waals surface area contributed by atoms with Crippen molar-refractivity contribution in [3.63, 3.8) is 0 Å². The summed E-state index contributed by atoms with van der Waals surface area (Å²) in [6, 6.07) is 4.94. The number of rotatable bonds is 2. The summed E-state index contributed by atoms with van der Waals surface area (Å²) in [6.07, 6.45) is 1.55. The minimum atomic E-state index is -0.377. The van der Waals surface area contributed by atoms with Gasteiger partial charge in [-0.25, -0.2) is 4.98 Å². The number of anilines is 3. The van der Waals surface area contributed by atoms with Crippen LogP contribution in [0, 0.1) is 0 Å². The third-order valence-corrected chi connectivity index (χ3v) is 3.25. The van der Waals surface area contributed by atoms with E-state index in [-0.39, 0.29) is 11.8 Å². The summed E-state index contributed by atoms with van der Waals surface area (Å²) in [6.45, 7) is 0. The summed E-state index contributed by atoms with van der Waals surface area (Å²) in [4.78, 5) is 26.9. The van der Waals surface area contributed by atoms with E-state index in [1.165, 1.54) is 11.3 Å². The van der Waals surface area contributed by atoms with Crippen LogP contribution < -0.4 is 16.4 Å². The van der Waals surface area contributed by atoms with Gasteiger partial charge in [-0.1, -0.05) is 11.3 Å². The fraction of sp³-hybridized carbons (Fsp3) is 0. The van der Waals surface area contributed by atoms with Gasteiger partial charge in [-0.05, 0) is 18.2 Å². The number of hydrogen-bond acceptors (Lipinski definition) is 6. The molecule has 1 aliphatic heterocycles. The van der Waals surface area contributed by atoms with Gasteiger partial charge in [0.25, 0.3) is 11.8 Å². The van der Waals surface area contributed by atoms with Crippen LogP contribution in [0.4, 0.5) is 15.8 Å². The Kier molecular flexibility index (Phi) is 2.27. The Morgan fingerprint density at radius 2 is 2.00 bits per heavy atom. The van der Waals surface area contributed by atoms with Gasteiger partial charge in [0.05, 0.1) is 17.3 Å². The number of aromatic nitrogens is 1. The normalized spacial score (nSPS) is 13.3. The first-order valence-electron chi connectivity index (χ1n) is 5.11. The van der Waals surface area contributed by atoms with Crippen LogP contribution >= 0.6 is 11.3 Å². The summed E-state index contributed by atoms with van der Waals surface area (Å²) in [5, 5.41) is 6.50. The number of amides is 2. The van der Waals surface area contributed by atoms with E-state index in [1.54, 1.807) is 24.4 Å². The molecule has 1 aromatic heterocycles. The maximum atomic E-state index is 11.5. The molecule has 0 unspecified atom stereocenters. The Bertz CT molecular complexity index is 665. The highest BCUT2D eigenvalue weighted by Gasteiger charge is 2.26. The predicted octanol–water partition coefficient (Wildman–Crippen LogP) is 1.35. The van der Waals surface area contributed by atoms with Crippen molar-refractivity contribution in [3.05, 3.63) is 35.5 Å². The molecule has 18 heavy (non-hydrogen) atoms. The Labute approximate surface area is 106 Å². The fourth-order valence-electron chi connectivity index (χ4n) is 1.71. The molecule has 2 amide bonds. The number of nitrogens with one attached hydrogen (secondary N) is 2. The summed E-state index contributed by atoms with van der Waals surface area (Å²) in [5.41, 5.74) is 7.02. The van der Waals surface area contributed by atoms with Crippen LogP contribution in [0.15, 0.2) is 24.4 Å². The van der Waals surface area contributed by atoms with E-state index in [1.807, 2.05) is 0 Å². The molecule has 0 fully saturated rings. The quantitative estimate of drug-likeness (QED) is 0.708. The molecule has 0 spiro atoms. The van der Waals surface area contributed by atoms with E-state index in [4.69, 9.17) is 5.73 Å². The van der Waals surface area contributed by atoms with Gasteiger partial charge in [0.1, 0.15) is 5.00 Å². The van der Waals surface area contributed by atoms with Crippen LogP contribution in [0.25, 0.3) is 0 Å². The molecule has 1 aliphatic rings. The topological polar surface area (TPSA) is 97.1 Å². The van der Waals surface area contributed by atoms with Crippen molar-refractivity contribution < 1.29 is 9.59 Å². The van der Waals surface area contributed by atoms with Gasteiger partial charge >= 0.3 is 0 Å². The van der Waals surface area contributed by atoms with Crippen molar-refractivity contribution in [1.82, 2.24) is 10.3 Å². The van der Waals surface area contributed by atoms with Gasteiger partial charge in [-0.3, -0.25) is 14.9 Å². The fourth-order valence-corrected chi connectivity index (χ4v) is 2.32. The largest absolute Gasteiger partial charge is 0.389 e. The van der Waals surface area contributed by atoms with Crippen LogP contribution in [0.5, 0.6) is 0 Å². The van der Waals surface area contributed by atoms with E-state index in [2.05, 4.69) is 15.6 Å². The van der Waals surface area contributed by atoms with E-state index in [9.17, 15) is 9.59 Å². The molecule has 0 saturated heterocycles. The number of nitrogen functional groups attached to an aromatic ring is 1. The minimum Gasteiger partial charge on any atom is -0.389 e. The zero-order valence-electron chi connectivity index (χ0n) is 9.06. The van der Waals surface area contributed by atoms with Gasteiger partial charge in [0.2, 0.25) is 0 Å². The molecule has 0 radical (unpaired) electrons. The van der Waals surface area contributed by atoms with Crippen molar-refractivity contribution in [2.24, 2.45) is 0 Å². The highest BCUT2D eigenvalue weighted by atomic mass is 32.1. The Morgan fingerprint density at radius 1 is 1.22 bits per heavy atom. The minimum absolute atomic E-state index is 0.361. The molecular weight excluding hydrogens is 252 g/mol. The molecule has 0 aliphatic carbocycles. The highest BCUT2D eigenvalue weighted by molar-refractivity contribution is 7.19. The molecule has 6 nitrogen and oxygen atoms in total. The van der Waals surface area contributed by atoms with Crippen LogP contribution in [0.2, 0.25) is 0 Å². The number of carbonyl (C=O) groups excluding carboxylic acids is 2. The molecule has 2 heterocycles. The smallest absolute Gasteiger partial charge is 0.259 e. The molecule has 0 bridgehead atoms. The Morgan fingerprint density at radius 3 is 2.72 bits per heavy atom. The lowest BCUT2D eigenvalue weighted by Gasteiger charge is -2.03. The van der Waals surface area contributed by atoms with Crippen LogP contribution in [0.1, 0.15) is 20.7 Å². The average molecular weight is 260 g/mol. The van der Waals surface area contributed by atoms with Gasteiger partial charge < -0.3 is 11.1 Å². The maximum Gasteiger partial charge on any atom is 0.259 e. The van der Waals surface area contributed by atoms with Crippen LogP contribution in [-0.4, -0.2) is 16.8 Å². The summed E-state index contributed by atoms with van der Waals surface area (Å²) in [7, 11) is 0. The predicted molar refractivity (Wildman–Crippen MR) is 68.0 cm³/mol. The average Bonchev–Trinajstić information content (AvgIpc) is 2.85. The van der Waals surface area contributed by atoms with E-state index in [0.29, 0.717) is 26.9 Å². The third-order valence-electron chi connectivity index (χ3n) is 2.51.